The first-order chi connectivity index (χ1) is 6.97. The first-order valence-corrected chi connectivity index (χ1v) is 5.33. The maximum Gasteiger partial charge on any atom is 0.433 e. The Bertz CT molecular complexity index is 343. The second kappa shape index (κ2) is 4.69. The standard InChI is InChI=1S/C8H9F3N2OS/c1-3-14-6-4-5(8(9,10)11)12-7(13-6)15-2/h4H,3H2,1-2H3. The molecular formula is C8H9F3N2OS. The van der Waals surface area contributed by atoms with Crippen molar-refractivity contribution in [3.63, 3.8) is 0 Å². The molecule has 0 aliphatic carbocycles. The van der Waals surface area contributed by atoms with Crippen LogP contribution in [-0.4, -0.2) is 22.8 Å². The zero-order valence-corrected chi connectivity index (χ0v) is 8.95. The van der Waals surface area contributed by atoms with E-state index in [0.29, 0.717) is 0 Å². The second-order valence-electron chi connectivity index (χ2n) is 2.51. The number of hydrogen-bond donors (Lipinski definition) is 0. The van der Waals surface area contributed by atoms with Crippen LogP contribution in [0.4, 0.5) is 13.2 Å². The second-order valence-corrected chi connectivity index (χ2v) is 3.28. The molecule has 0 bridgehead atoms. The average molecular weight is 238 g/mol. The van der Waals surface area contributed by atoms with Crippen molar-refractivity contribution in [3.05, 3.63) is 11.8 Å². The maximum absolute atomic E-state index is 12.4. The summed E-state index contributed by atoms with van der Waals surface area (Å²) in [5, 5.41) is 0.0493. The molecule has 1 heterocycles. The molecule has 0 N–H and O–H groups in total. The molecule has 0 spiro atoms. The molecule has 0 radical (unpaired) electrons. The van der Waals surface area contributed by atoms with Crippen LogP contribution in [0, 0.1) is 0 Å². The summed E-state index contributed by atoms with van der Waals surface area (Å²) in [6.07, 6.45) is -2.87. The molecular weight excluding hydrogens is 229 g/mol. The molecule has 84 valence electrons. The van der Waals surface area contributed by atoms with Gasteiger partial charge in [-0.1, -0.05) is 11.8 Å². The molecule has 0 fully saturated rings. The summed E-state index contributed by atoms with van der Waals surface area (Å²) in [5.74, 6) is -0.0517. The molecule has 1 aromatic heterocycles. The van der Waals surface area contributed by atoms with Crippen LogP contribution >= 0.6 is 11.8 Å². The lowest BCUT2D eigenvalue weighted by Crippen LogP contribution is -2.10. The summed E-state index contributed by atoms with van der Waals surface area (Å²) in [4.78, 5) is 7.14. The third-order valence-electron chi connectivity index (χ3n) is 1.45. The highest BCUT2D eigenvalue weighted by atomic mass is 32.2. The lowest BCUT2D eigenvalue weighted by molar-refractivity contribution is -0.141. The first kappa shape index (κ1) is 12.1. The van der Waals surface area contributed by atoms with Crippen LogP contribution in [0.1, 0.15) is 12.6 Å². The number of hydrogen-bond acceptors (Lipinski definition) is 4. The van der Waals surface area contributed by atoms with Crippen molar-refractivity contribution in [1.29, 1.82) is 0 Å². The Balaban J connectivity index is 3.11. The Hall–Kier alpha value is -0.980. The van der Waals surface area contributed by atoms with Crippen molar-refractivity contribution in [2.75, 3.05) is 12.9 Å². The van der Waals surface area contributed by atoms with E-state index in [-0.39, 0.29) is 17.6 Å². The molecule has 0 saturated heterocycles. The Morgan fingerprint density at radius 1 is 1.40 bits per heavy atom. The first-order valence-electron chi connectivity index (χ1n) is 4.10. The molecule has 0 amide bonds. The number of halogens is 3. The van der Waals surface area contributed by atoms with Gasteiger partial charge in [0, 0.05) is 6.07 Å². The molecule has 0 aliphatic rings. The van der Waals surface area contributed by atoms with Gasteiger partial charge >= 0.3 is 6.18 Å². The molecule has 0 saturated carbocycles. The van der Waals surface area contributed by atoms with Crippen molar-refractivity contribution < 1.29 is 17.9 Å². The third-order valence-corrected chi connectivity index (χ3v) is 2.00. The van der Waals surface area contributed by atoms with Crippen LogP contribution in [0.25, 0.3) is 0 Å². The van der Waals surface area contributed by atoms with Gasteiger partial charge in [0.15, 0.2) is 10.9 Å². The number of alkyl halides is 3. The fourth-order valence-corrected chi connectivity index (χ4v) is 1.23. The number of nitrogens with zero attached hydrogens (tertiary/aromatic N) is 2. The summed E-state index contributed by atoms with van der Waals surface area (Å²) >= 11 is 1.04. The van der Waals surface area contributed by atoms with Gasteiger partial charge in [-0.05, 0) is 13.2 Å². The zero-order valence-electron chi connectivity index (χ0n) is 8.13. The topological polar surface area (TPSA) is 35.0 Å². The van der Waals surface area contributed by atoms with E-state index in [4.69, 9.17) is 4.74 Å². The van der Waals surface area contributed by atoms with Gasteiger partial charge in [-0.3, -0.25) is 0 Å². The fraction of sp³-hybridized carbons (Fsp3) is 0.500. The largest absolute Gasteiger partial charge is 0.478 e. The van der Waals surface area contributed by atoms with E-state index in [1.54, 1.807) is 13.2 Å². The molecule has 0 aromatic carbocycles. The molecule has 7 heteroatoms. The Morgan fingerprint density at radius 3 is 2.53 bits per heavy atom. The molecule has 1 rings (SSSR count). The van der Waals surface area contributed by atoms with Crippen LogP contribution in [0.15, 0.2) is 11.2 Å². The molecule has 15 heavy (non-hydrogen) atoms. The van der Waals surface area contributed by atoms with Crippen LogP contribution in [0.5, 0.6) is 5.88 Å². The van der Waals surface area contributed by atoms with E-state index in [9.17, 15) is 13.2 Å². The van der Waals surface area contributed by atoms with Crippen molar-refractivity contribution in [1.82, 2.24) is 9.97 Å². The maximum atomic E-state index is 12.4. The van der Waals surface area contributed by atoms with E-state index in [1.807, 2.05) is 0 Å². The minimum atomic E-state index is -4.47. The van der Waals surface area contributed by atoms with Crippen molar-refractivity contribution >= 4 is 11.8 Å². The van der Waals surface area contributed by atoms with Crippen molar-refractivity contribution in [2.45, 2.75) is 18.3 Å². The highest BCUT2D eigenvalue weighted by molar-refractivity contribution is 7.98. The van der Waals surface area contributed by atoms with Crippen LogP contribution < -0.4 is 4.74 Å². The SMILES string of the molecule is CCOc1cc(C(F)(F)F)nc(SC)n1. The van der Waals surface area contributed by atoms with Gasteiger partial charge in [-0.2, -0.15) is 18.2 Å². The van der Waals surface area contributed by atoms with E-state index in [0.717, 1.165) is 17.8 Å². The quantitative estimate of drug-likeness (QED) is 0.599. The smallest absolute Gasteiger partial charge is 0.433 e. The van der Waals surface area contributed by atoms with E-state index < -0.39 is 11.9 Å². The van der Waals surface area contributed by atoms with Gasteiger partial charge < -0.3 is 4.74 Å². The minimum Gasteiger partial charge on any atom is -0.478 e. The van der Waals surface area contributed by atoms with Gasteiger partial charge in [0.2, 0.25) is 5.88 Å². The normalized spacial score (nSPS) is 11.5. The lowest BCUT2D eigenvalue weighted by atomic mass is 10.4. The van der Waals surface area contributed by atoms with Gasteiger partial charge in [-0.15, -0.1) is 0 Å². The zero-order chi connectivity index (χ0) is 11.5. The molecule has 3 nitrogen and oxygen atoms in total. The molecule has 0 atom stereocenters. The van der Waals surface area contributed by atoms with E-state index in [2.05, 4.69) is 9.97 Å². The van der Waals surface area contributed by atoms with Gasteiger partial charge in [0.05, 0.1) is 6.61 Å². The summed E-state index contributed by atoms with van der Waals surface area (Å²) in [7, 11) is 0. The Morgan fingerprint density at radius 2 is 2.07 bits per heavy atom. The lowest BCUT2D eigenvalue weighted by Gasteiger charge is -2.09. The van der Waals surface area contributed by atoms with E-state index in [1.165, 1.54) is 0 Å². The molecule has 0 aliphatic heterocycles. The highest BCUT2D eigenvalue weighted by Gasteiger charge is 2.33. The van der Waals surface area contributed by atoms with Gasteiger partial charge in [0.1, 0.15) is 0 Å². The van der Waals surface area contributed by atoms with Crippen LogP contribution in [0.3, 0.4) is 0 Å². The van der Waals surface area contributed by atoms with Crippen LogP contribution in [-0.2, 0) is 6.18 Å². The predicted molar refractivity (Wildman–Crippen MR) is 50.0 cm³/mol. The third kappa shape index (κ3) is 3.26. The summed E-state index contributed by atoms with van der Waals surface area (Å²) < 4.78 is 42.0. The number of thioether (sulfide) groups is 1. The van der Waals surface area contributed by atoms with Gasteiger partial charge in [-0.25, -0.2) is 4.98 Å². The van der Waals surface area contributed by atoms with Gasteiger partial charge in [0.25, 0.3) is 0 Å². The average Bonchev–Trinajstić information content (AvgIpc) is 2.16. The number of ether oxygens (including phenoxy) is 1. The number of aromatic nitrogens is 2. The fourth-order valence-electron chi connectivity index (χ4n) is 0.862. The molecule has 1 aromatic rings. The Kier molecular flexibility index (Phi) is 3.78. The Labute approximate surface area is 89.1 Å². The highest BCUT2D eigenvalue weighted by Crippen LogP contribution is 2.30. The monoisotopic (exact) mass is 238 g/mol. The van der Waals surface area contributed by atoms with Crippen molar-refractivity contribution in [2.24, 2.45) is 0 Å². The summed E-state index contributed by atoms with van der Waals surface area (Å²) in [5.41, 5.74) is -0.981. The van der Waals surface area contributed by atoms with Crippen LogP contribution in [0.2, 0.25) is 0 Å². The molecule has 0 unspecified atom stereocenters. The summed E-state index contributed by atoms with van der Waals surface area (Å²) in [6, 6.07) is 0.795. The number of rotatable bonds is 3. The summed E-state index contributed by atoms with van der Waals surface area (Å²) in [6.45, 7) is 1.94. The van der Waals surface area contributed by atoms with Crippen molar-refractivity contribution in [3.8, 4) is 5.88 Å². The predicted octanol–water partition coefficient (Wildman–Crippen LogP) is 2.62. The van der Waals surface area contributed by atoms with E-state index >= 15 is 0 Å². The minimum absolute atomic E-state index is 0.0493.